The van der Waals surface area contributed by atoms with Crippen LogP contribution in [0.25, 0.3) is 0 Å². The predicted octanol–water partition coefficient (Wildman–Crippen LogP) is 3.46. The highest BCUT2D eigenvalue weighted by molar-refractivity contribution is 5.69. The van der Waals surface area contributed by atoms with Gasteiger partial charge in [0.25, 0.3) is 0 Å². The fourth-order valence-electron chi connectivity index (χ4n) is 6.00. The first-order chi connectivity index (χ1) is 12.5. The molecule has 4 heteroatoms. The van der Waals surface area contributed by atoms with Crippen LogP contribution in [0.3, 0.4) is 0 Å². The molecule has 2 saturated heterocycles. The van der Waals surface area contributed by atoms with Crippen molar-refractivity contribution in [3.63, 3.8) is 0 Å². The third kappa shape index (κ3) is 2.38. The second-order valence-electron chi connectivity index (χ2n) is 8.96. The van der Waals surface area contributed by atoms with Crippen LogP contribution in [0, 0.1) is 5.92 Å². The highest BCUT2D eigenvalue weighted by Crippen LogP contribution is 2.58. The maximum absolute atomic E-state index is 11.4. The van der Waals surface area contributed by atoms with Gasteiger partial charge in [0.05, 0.1) is 5.60 Å². The molecule has 0 spiro atoms. The molecule has 0 N–H and O–H groups in total. The topological polar surface area (TPSA) is 38.8 Å². The van der Waals surface area contributed by atoms with Gasteiger partial charge >= 0.3 is 5.97 Å². The van der Waals surface area contributed by atoms with Crippen LogP contribution in [0.5, 0.6) is 5.75 Å². The van der Waals surface area contributed by atoms with E-state index in [0.717, 1.165) is 38.3 Å². The Balaban J connectivity index is 1.59. The van der Waals surface area contributed by atoms with E-state index in [1.54, 1.807) is 0 Å². The number of fused-ring (bicyclic) bond motifs is 1. The summed E-state index contributed by atoms with van der Waals surface area (Å²) < 4.78 is 12.0. The van der Waals surface area contributed by atoms with E-state index in [4.69, 9.17) is 9.47 Å². The normalized spacial score (nSPS) is 36.2. The molecule has 4 aliphatic rings. The zero-order valence-electron chi connectivity index (χ0n) is 15.9. The number of carbonyl (C=O) groups excluding carboxylic acids is 1. The minimum Gasteiger partial charge on any atom is -0.427 e. The molecule has 0 aromatic heterocycles. The summed E-state index contributed by atoms with van der Waals surface area (Å²) in [6.45, 7) is 7.10. The molecule has 140 valence electrons. The van der Waals surface area contributed by atoms with Crippen molar-refractivity contribution in [3.8, 4) is 5.75 Å². The number of hydrogen-bond donors (Lipinski definition) is 0. The van der Waals surface area contributed by atoms with E-state index in [1.807, 2.05) is 6.07 Å². The number of benzene rings is 1. The van der Waals surface area contributed by atoms with Crippen molar-refractivity contribution in [1.82, 2.24) is 4.90 Å². The van der Waals surface area contributed by atoms with Crippen molar-refractivity contribution in [3.05, 3.63) is 29.3 Å². The number of hydrogen-bond acceptors (Lipinski definition) is 4. The summed E-state index contributed by atoms with van der Waals surface area (Å²) in [6, 6.07) is 6.75. The second-order valence-corrected chi connectivity index (χ2v) is 8.96. The van der Waals surface area contributed by atoms with Crippen LogP contribution in [0.15, 0.2) is 18.2 Å². The number of esters is 1. The standard InChI is InChI=1S/C22H29NO3/c1-15(24)26-18-7-6-17-12-20-21(2)22(19(17)13-18,8-3-11-25-21)9-10-23(20)14-16-4-5-16/h6-7,13,16,20H,3-5,8-12,14H2,1-2H3/t20-,21+,22+/m1/s1. The summed E-state index contributed by atoms with van der Waals surface area (Å²) in [7, 11) is 0. The number of nitrogens with zero attached hydrogens (tertiary/aromatic N) is 1. The van der Waals surface area contributed by atoms with Gasteiger partial charge in [-0.25, -0.2) is 0 Å². The van der Waals surface area contributed by atoms with Crippen LogP contribution in [0.1, 0.15) is 57.1 Å². The van der Waals surface area contributed by atoms with Crippen LogP contribution >= 0.6 is 0 Å². The number of rotatable bonds is 3. The van der Waals surface area contributed by atoms with Crippen LogP contribution in [-0.4, -0.2) is 42.2 Å². The zero-order chi connectivity index (χ0) is 17.9. The van der Waals surface area contributed by atoms with Gasteiger partial charge in [-0.3, -0.25) is 9.69 Å². The van der Waals surface area contributed by atoms with E-state index < -0.39 is 0 Å². The van der Waals surface area contributed by atoms with Crippen molar-refractivity contribution in [2.45, 2.75) is 69.4 Å². The molecular formula is C22H29NO3. The van der Waals surface area contributed by atoms with Gasteiger partial charge in [-0.2, -0.15) is 0 Å². The van der Waals surface area contributed by atoms with Crippen molar-refractivity contribution in [1.29, 1.82) is 0 Å². The number of likely N-dealkylation sites (tertiary alicyclic amines) is 1. The van der Waals surface area contributed by atoms with Crippen molar-refractivity contribution < 1.29 is 14.3 Å². The van der Waals surface area contributed by atoms with Crippen molar-refractivity contribution in [2.75, 3.05) is 19.7 Å². The average Bonchev–Trinajstić information content (AvgIpc) is 3.41. The molecule has 1 saturated carbocycles. The van der Waals surface area contributed by atoms with Crippen LogP contribution in [-0.2, 0) is 21.4 Å². The average molecular weight is 355 g/mol. The monoisotopic (exact) mass is 355 g/mol. The summed E-state index contributed by atoms with van der Waals surface area (Å²) >= 11 is 0. The molecule has 2 heterocycles. The minimum atomic E-state index is -0.252. The van der Waals surface area contributed by atoms with Gasteiger partial charge in [0, 0.05) is 31.5 Å². The minimum absolute atomic E-state index is 0.0553. The Bertz CT molecular complexity index is 743. The Morgan fingerprint density at radius 1 is 1.35 bits per heavy atom. The SMILES string of the molecule is CC(=O)Oc1ccc2c(c1)[C@@]13CCCO[C@@]1(C)[C@@H](C2)N(CC1CC1)CC3. The molecule has 4 nitrogen and oxygen atoms in total. The van der Waals surface area contributed by atoms with E-state index in [-0.39, 0.29) is 17.0 Å². The Hall–Kier alpha value is -1.39. The molecule has 3 fully saturated rings. The molecule has 2 bridgehead atoms. The van der Waals surface area contributed by atoms with Crippen LogP contribution < -0.4 is 4.74 Å². The van der Waals surface area contributed by atoms with E-state index >= 15 is 0 Å². The van der Waals surface area contributed by atoms with Gasteiger partial charge in [0.2, 0.25) is 0 Å². The lowest BCUT2D eigenvalue weighted by Gasteiger charge is -2.64. The summed E-state index contributed by atoms with van der Waals surface area (Å²) in [5, 5.41) is 0. The van der Waals surface area contributed by atoms with Gasteiger partial charge in [0.15, 0.2) is 0 Å². The zero-order valence-corrected chi connectivity index (χ0v) is 15.9. The lowest BCUT2D eigenvalue weighted by Crippen LogP contribution is -2.72. The summed E-state index contributed by atoms with van der Waals surface area (Å²) in [6.07, 6.45) is 7.27. The van der Waals surface area contributed by atoms with Crippen molar-refractivity contribution in [2.24, 2.45) is 5.92 Å². The van der Waals surface area contributed by atoms with E-state index in [0.29, 0.717) is 11.8 Å². The van der Waals surface area contributed by atoms with E-state index in [1.165, 1.54) is 43.9 Å². The van der Waals surface area contributed by atoms with E-state index in [2.05, 4.69) is 24.0 Å². The lowest BCUT2D eigenvalue weighted by atomic mass is 9.52. The molecule has 3 atom stereocenters. The Morgan fingerprint density at radius 2 is 2.19 bits per heavy atom. The number of ether oxygens (including phenoxy) is 2. The molecule has 1 aromatic rings. The molecule has 26 heavy (non-hydrogen) atoms. The summed E-state index contributed by atoms with van der Waals surface area (Å²) in [5.41, 5.74) is 2.72. The quantitative estimate of drug-likeness (QED) is 0.615. The van der Waals surface area contributed by atoms with Gasteiger partial charge in [-0.15, -0.1) is 0 Å². The van der Waals surface area contributed by atoms with Crippen molar-refractivity contribution >= 4 is 5.97 Å². The van der Waals surface area contributed by atoms with Crippen LogP contribution in [0.4, 0.5) is 0 Å². The van der Waals surface area contributed by atoms with Gasteiger partial charge in [0.1, 0.15) is 5.75 Å². The number of piperidine rings is 1. The largest absolute Gasteiger partial charge is 0.427 e. The van der Waals surface area contributed by atoms with E-state index in [9.17, 15) is 4.79 Å². The maximum Gasteiger partial charge on any atom is 0.308 e. The third-order valence-electron chi connectivity index (χ3n) is 7.46. The second kappa shape index (κ2) is 5.80. The Morgan fingerprint density at radius 3 is 2.96 bits per heavy atom. The molecule has 0 radical (unpaired) electrons. The lowest BCUT2D eigenvalue weighted by molar-refractivity contribution is -0.197. The highest BCUT2D eigenvalue weighted by atomic mass is 16.5. The number of carbonyl (C=O) groups is 1. The van der Waals surface area contributed by atoms with Gasteiger partial charge in [-0.1, -0.05) is 6.07 Å². The Labute approximate surface area is 155 Å². The van der Waals surface area contributed by atoms with Gasteiger partial charge < -0.3 is 9.47 Å². The first kappa shape index (κ1) is 16.8. The van der Waals surface area contributed by atoms with Gasteiger partial charge in [-0.05, 0) is 81.2 Å². The summed E-state index contributed by atoms with van der Waals surface area (Å²) in [5.74, 6) is 1.33. The van der Waals surface area contributed by atoms with Crippen LogP contribution in [0.2, 0.25) is 0 Å². The smallest absolute Gasteiger partial charge is 0.308 e. The molecule has 5 rings (SSSR count). The first-order valence-corrected chi connectivity index (χ1v) is 10.2. The maximum atomic E-state index is 11.4. The molecule has 0 unspecified atom stereocenters. The molecule has 1 aromatic carbocycles. The molecule has 2 aliphatic carbocycles. The summed E-state index contributed by atoms with van der Waals surface area (Å²) in [4.78, 5) is 14.2. The fraction of sp³-hybridized carbons (Fsp3) is 0.682. The first-order valence-electron chi connectivity index (χ1n) is 10.2. The molecule has 0 amide bonds. The third-order valence-corrected chi connectivity index (χ3v) is 7.46. The molecule has 2 aliphatic heterocycles. The molecular weight excluding hydrogens is 326 g/mol. The highest BCUT2D eigenvalue weighted by Gasteiger charge is 2.63. The Kier molecular flexibility index (Phi) is 3.74. The predicted molar refractivity (Wildman–Crippen MR) is 99.4 cm³/mol. The fourth-order valence-corrected chi connectivity index (χ4v) is 6.00.